The van der Waals surface area contributed by atoms with E-state index in [2.05, 4.69) is 15.5 Å². The van der Waals surface area contributed by atoms with Crippen molar-refractivity contribution in [2.24, 2.45) is 5.10 Å². The van der Waals surface area contributed by atoms with E-state index in [1.807, 2.05) is 78.2 Å². The number of anilines is 1. The Morgan fingerprint density at radius 2 is 1.79 bits per heavy atom. The first-order valence-electron chi connectivity index (χ1n) is 9.03. The third-order valence-electron chi connectivity index (χ3n) is 4.60. The number of hydrazone groups is 1. The third-order valence-corrected chi connectivity index (χ3v) is 5.34. The summed E-state index contributed by atoms with van der Waals surface area (Å²) in [5.74, 6) is 0. The Bertz CT molecular complexity index is 1400. The molecule has 0 aliphatic carbocycles. The number of fused-ring (bicyclic) bond motifs is 3. The van der Waals surface area contributed by atoms with Crippen LogP contribution in [0.15, 0.2) is 92.5 Å². The van der Waals surface area contributed by atoms with Gasteiger partial charge in [-0.1, -0.05) is 60.7 Å². The monoisotopic (exact) mass is 397 g/mol. The highest BCUT2D eigenvalue weighted by atomic mass is 32.1. The van der Waals surface area contributed by atoms with E-state index in [4.69, 9.17) is 4.42 Å². The van der Waals surface area contributed by atoms with E-state index in [0.29, 0.717) is 22.0 Å². The molecule has 2 heterocycles. The topological polar surface area (TPSA) is 67.5 Å². The van der Waals surface area contributed by atoms with E-state index in [1.54, 1.807) is 6.21 Å². The summed E-state index contributed by atoms with van der Waals surface area (Å²) in [6, 6.07) is 23.4. The minimum Gasteiger partial charge on any atom is -0.422 e. The highest BCUT2D eigenvalue weighted by Crippen LogP contribution is 2.29. The molecule has 0 bridgehead atoms. The lowest BCUT2D eigenvalue weighted by atomic mass is 10.0. The number of benzene rings is 3. The van der Waals surface area contributed by atoms with E-state index in [1.165, 1.54) is 11.3 Å². The van der Waals surface area contributed by atoms with Crippen molar-refractivity contribution in [3.05, 3.63) is 94.2 Å². The van der Waals surface area contributed by atoms with Crippen molar-refractivity contribution >= 4 is 44.4 Å². The zero-order valence-electron chi connectivity index (χ0n) is 15.2. The van der Waals surface area contributed by atoms with E-state index >= 15 is 0 Å². The maximum atomic E-state index is 12.5. The quantitative estimate of drug-likeness (QED) is 0.188. The number of aromatic nitrogens is 1. The van der Waals surface area contributed by atoms with Gasteiger partial charge in [-0.05, 0) is 28.5 Å². The van der Waals surface area contributed by atoms with E-state index < -0.39 is 5.63 Å². The van der Waals surface area contributed by atoms with Crippen molar-refractivity contribution in [1.29, 1.82) is 0 Å². The Hall–Kier alpha value is -3.77. The molecular weight excluding hydrogens is 382 g/mol. The average Bonchev–Trinajstić information content (AvgIpc) is 3.22. The van der Waals surface area contributed by atoms with Crippen LogP contribution in [0, 0.1) is 0 Å². The fraction of sp³-hybridized carbons (Fsp3) is 0. The van der Waals surface area contributed by atoms with Gasteiger partial charge < -0.3 is 4.42 Å². The maximum absolute atomic E-state index is 12.5. The molecule has 0 unspecified atom stereocenters. The molecular formula is C23H15N3O2S. The van der Waals surface area contributed by atoms with Crippen LogP contribution in [-0.2, 0) is 0 Å². The smallest absolute Gasteiger partial charge is 0.345 e. The highest BCUT2D eigenvalue weighted by molar-refractivity contribution is 7.14. The number of nitrogens with zero attached hydrogens (tertiary/aromatic N) is 2. The fourth-order valence-corrected chi connectivity index (χ4v) is 3.86. The molecule has 0 radical (unpaired) electrons. The van der Waals surface area contributed by atoms with Crippen LogP contribution in [0.4, 0.5) is 5.13 Å². The van der Waals surface area contributed by atoms with E-state index in [-0.39, 0.29) is 0 Å². The fourth-order valence-electron chi connectivity index (χ4n) is 3.20. The number of nitrogens with one attached hydrogen (secondary N) is 1. The van der Waals surface area contributed by atoms with E-state index in [9.17, 15) is 4.79 Å². The second kappa shape index (κ2) is 7.33. The summed E-state index contributed by atoms with van der Waals surface area (Å²) in [6.07, 6.45) is 1.72. The molecule has 0 aliphatic rings. The standard InChI is InChI=1S/C23H15N3O2S/c27-22-19(12-18-17-9-5-4-8-16(17)10-11-21(18)28-22)20-14-29-23(25-20)26-24-13-15-6-2-1-3-7-15/h1-14H,(H,25,26)/b24-13-. The number of hydrogen-bond donors (Lipinski definition) is 1. The number of thiazole rings is 1. The van der Waals surface area contributed by atoms with Crippen molar-refractivity contribution in [1.82, 2.24) is 4.98 Å². The van der Waals surface area contributed by atoms with Crippen LogP contribution < -0.4 is 11.1 Å². The van der Waals surface area contributed by atoms with E-state index in [0.717, 1.165) is 21.7 Å². The summed E-state index contributed by atoms with van der Waals surface area (Å²) >= 11 is 1.38. The number of hydrogen-bond acceptors (Lipinski definition) is 6. The molecule has 5 nitrogen and oxygen atoms in total. The lowest BCUT2D eigenvalue weighted by Gasteiger charge is -2.04. The normalized spacial score (nSPS) is 11.4. The van der Waals surface area contributed by atoms with Crippen LogP contribution >= 0.6 is 11.3 Å². The first-order chi connectivity index (χ1) is 14.3. The molecule has 0 spiro atoms. The van der Waals surface area contributed by atoms with Crippen molar-refractivity contribution in [2.75, 3.05) is 5.43 Å². The lowest BCUT2D eigenvalue weighted by molar-refractivity contribution is 0.563. The van der Waals surface area contributed by atoms with Crippen molar-refractivity contribution < 1.29 is 4.42 Å². The van der Waals surface area contributed by atoms with Gasteiger partial charge in [-0.2, -0.15) is 5.10 Å². The summed E-state index contributed by atoms with van der Waals surface area (Å²) in [7, 11) is 0. The molecule has 0 saturated carbocycles. The Morgan fingerprint density at radius 1 is 0.966 bits per heavy atom. The van der Waals surface area contributed by atoms with Gasteiger partial charge in [-0.3, -0.25) is 5.43 Å². The molecule has 3 aromatic carbocycles. The Labute approximate surface area is 170 Å². The minimum absolute atomic E-state index is 0.405. The molecule has 5 rings (SSSR count). The molecule has 0 saturated heterocycles. The summed E-state index contributed by atoms with van der Waals surface area (Å²) in [5, 5.41) is 9.65. The molecule has 0 amide bonds. The molecule has 5 aromatic rings. The molecule has 0 fully saturated rings. The van der Waals surface area contributed by atoms with Gasteiger partial charge in [0.15, 0.2) is 0 Å². The molecule has 140 valence electrons. The molecule has 0 aliphatic heterocycles. The third kappa shape index (κ3) is 3.41. The number of rotatable bonds is 4. The lowest BCUT2D eigenvalue weighted by Crippen LogP contribution is -2.03. The average molecular weight is 397 g/mol. The molecule has 0 atom stereocenters. The molecule has 29 heavy (non-hydrogen) atoms. The van der Waals surface area contributed by atoms with Gasteiger partial charge in [-0.15, -0.1) is 11.3 Å². The van der Waals surface area contributed by atoms with Gasteiger partial charge in [-0.25, -0.2) is 9.78 Å². The van der Waals surface area contributed by atoms with Crippen LogP contribution in [0.5, 0.6) is 0 Å². The minimum atomic E-state index is -0.405. The van der Waals surface area contributed by atoms with Crippen LogP contribution in [0.3, 0.4) is 0 Å². The molecule has 6 heteroatoms. The zero-order chi connectivity index (χ0) is 19.6. The molecule has 2 aromatic heterocycles. The van der Waals surface area contributed by atoms with Gasteiger partial charge in [0.05, 0.1) is 17.5 Å². The van der Waals surface area contributed by atoms with Gasteiger partial charge in [0, 0.05) is 10.8 Å². The predicted molar refractivity (Wildman–Crippen MR) is 119 cm³/mol. The second-order valence-electron chi connectivity index (χ2n) is 6.46. The summed E-state index contributed by atoms with van der Waals surface area (Å²) in [5.41, 5.74) is 5.06. The highest BCUT2D eigenvalue weighted by Gasteiger charge is 2.13. The Balaban J connectivity index is 1.49. The maximum Gasteiger partial charge on any atom is 0.345 e. The second-order valence-corrected chi connectivity index (χ2v) is 7.32. The van der Waals surface area contributed by atoms with Crippen molar-refractivity contribution in [3.63, 3.8) is 0 Å². The first kappa shape index (κ1) is 17.3. The molecule has 1 N–H and O–H groups in total. The zero-order valence-corrected chi connectivity index (χ0v) is 16.0. The van der Waals surface area contributed by atoms with Crippen LogP contribution in [0.2, 0.25) is 0 Å². The SMILES string of the molecule is O=c1oc2ccc3ccccc3c2cc1-c1csc(N/N=C\c2ccccc2)n1. The van der Waals surface area contributed by atoms with Crippen LogP contribution in [0.25, 0.3) is 33.0 Å². The van der Waals surface area contributed by atoms with Crippen LogP contribution in [0.1, 0.15) is 5.56 Å². The largest absolute Gasteiger partial charge is 0.422 e. The Kier molecular flexibility index (Phi) is 4.38. The first-order valence-corrected chi connectivity index (χ1v) is 9.91. The summed E-state index contributed by atoms with van der Waals surface area (Å²) in [4.78, 5) is 17.0. The van der Waals surface area contributed by atoms with Gasteiger partial charge in [0.1, 0.15) is 5.58 Å². The summed E-state index contributed by atoms with van der Waals surface area (Å²) < 4.78 is 5.56. The summed E-state index contributed by atoms with van der Waals surface area (Å²) in [6.45, 7) is 0. The van der Waals surface area contributed by atoms with Crippen molar-refractivity contribution in [3.8, 4) is 11.3 Å². The van der Waals surface area contributed by atoms with Gasteiger partial charge in [0.2, 0.25) is 5.13 Å². The van der Waals surface area contributed by atoms with Gasteiger partial charge in [0.25, 0.3) is 0 Å². The van der Waals surface area contributed by atoms with Crippen LogP contribution in [-0.4, -0.2) is 11.2 Å². The Morgan fingerprint density at radius 3 is 2.69 bits per heavy atom. The van der Waals surface area contributed by atoms with Gasteiger partial charge >= 0.3 is 5.63 Å². The van der Waals surface area contributed by atoms with Crippen molar-refractivity contribution in [2.45, 2.75) is 0 Å². The predicted octanol–water partition coefficient (Wildman–Crippen LogP) is 5.52.